The summed E-state index contributed by atoms with van der Waals surface area (Å²) in [5, 5.41) is 4.24. The van der Waals surface area contributed by atoms with E-state index < -0.39 is 0 Å². The van der Waals surface area contributed by atoms with Gasteiger partial charge in [-0.25, -0.2) is 0 Å². The smallest absolute Gasteiger partial charge is 0.0512 e. The molecule has 45 heavy (non-hydrogen) atoms. The molecule has 0 spiro atoms. The first-order valence-electron chi connectivity index (χ1n) is 16.2. The van der Waals surface area contributed by atoms with Crippen LogP contribution in [0.3, 0.4) is 0 Å². The second kappa shape index (κ2) is 10.3. The van der Waals surface area contributed by atoms with E-state index in [1.807, 2.05) is 0 Å². The quantitative estimate of drug-likeness (QED) is 0.218. The van der Waals surface area contributed by atoms with Crippen LogP contribution in [0.4, 0.5) is 11.4 Å². The Kier molecular flexibility index (Phi) is 6.36. The number of benzene rings is 6. The molecule has 0 bridgehead atoms. The normalized spacial score (nSPS) is 12.8. The molecule has 6 aromatic carbocycles. The summed E-state index contributed by atoms with van der Waals surface area (Å²) in [6.07, 6.45) is 1.86. The molecule has 8 rings (SSSR count). The Bertz CT molecular complexity index is 2110. The van der Waals surface area contributed by atoms with Gasteiger partial charge in [0.1, 0.15) is 0 Å². The molecule has 0 saturated heterocycles. The van der Waals surface area contributed by atoms with Gasteiger partial charge in [0, 0.05) is 24.1 Å². The van der Waals surface area contributed by atoms with E-state index in [9.17, 15) is 0 Å². The van der Waals surface area contributed by atoms with Crippen LogP contribution >= 0.6 is 0 Å². The van der Waals surface area contributed by atoms with Gasteiger partial charge in [0.2, 0.25) is 0 Å². The van der Waals surface area contributed by atoms with Crippen LogP contribution in [0.2, 0.25) is 0 Å². The van der Waals surface area contributed by atoms with Crippen LogP contribution in [0.5, 0.6) is 0 Å². The van der Waals surface area contributed by atoms with E-state index >= 15 is 0 Å². The topological polar surface area (TPSA) is 12.0 Å². The number of nitrogens with one attached hydrogen (secondary N) is 1. The summed E-state index contributed by atoms with van der Waals surface area (Å²) in [7, 11) is 0. The largest absolute Gasteiger partial charge is 0.354 e. The molecule has 6 aromatic rings. The summed E-state index contributed by atoms with van der Waals surface area (Å²) in [6, 6.07) is 42.5. The molecule has 0 saturated carbocycles. The molecule has 0 amide bonds. The summed E-state index contributed by atoms with van der Waals surface area (Å²) < 4.78 is 0. The first-order chi connectivity index (χ1) is 21.8. The fourth-order valence-electron chi connectivity index (χ4n) is 7.88. The van der Waals surface area contributed by atoms with Gasteiger partial charge in [-0.1, -0.05) is 136 Å². The van der Waals surface area contributed by atoms with Crippen molar-refractivity contribution in [2.45, 2.75) is 52.9 Å². The first kappa shape index (κ1) is 27.7. The van der Waals surface area contributed by atoms with Crippen LogP contribution in [0.1, 0.15) is 59.7 Å². The highest BCUT2D eigenvalue weighted by Crippen LogP contribution is 2.56. The molecule has 0 fully saturated rings. The van der Waals surface area contributed by atoms with E-state index in [1.54, 1.807) is 0 Å². The monoisotopic (exact) mass is 581 g/mol. The summed E-state index contributed by atoms with van der Waals surface area (Å²) >= 11 is 0. The highest BCUT2D eigenvalue weighted by atomic mass is 14.9. The van der Waals surface area contributed by atoms with Crippen LogP contribution in [0, 0.1) is 13.8 Å². The zero-order valence-corrected chi connectivity index (χ0v) is 26.9. The Balaban J connectivity index is 1.51. The minimum Gasteiger partial charge on any atom is -0.354 e. The van der Waals surface area contributed by atoms with Crippen LogP contribution in [-0.4, -0.2) is 0 Å². The van der Waals surface area contributed by atoms with Crippen molar-refractivity contribution in [3.05, 3.63) is 154 Å². The molecule has 0 heterocycles. The second-order valence-corrected chi connectivity index (χ2v) is 13.8. The Hall–Kier alpha value is -4.88. The van der Waals surface area contributed by atoms with Crippen molar-refractivity contribution in [2.24, 2.45) is 0 Å². The van der Waals surface area contributed by atoms with Crippen LogP contribution in [0.25, 0.3) is 44.5 Å². The van der Waals surface area contributed by atoms with Gasteiger partial charge in [0.25, 0.3) is 0 Å². The fourth-order valence-corrected chi connectivity index (χ4v) is 7.88. The Morgan fingerprint density at radius 2 is 1.04 bits per heavy atom. The van der Waals surface area contributed by atoms with E-state index in [2.05, 4.69) is 155 Å². The standard InChI is InChI=1S/C44H39N/c1-27-24-35-33-22-14-12-20-31(33)25-36(35)42(28(27)2)45-43-37-26-32-21-13-15-23-34(32)40(37)41(44(3,4)5)38(29-16-8-6-9-17-29)39(43)30-18-10-7-11-19-30/h6-24,45H,25-26H2,1-5H3. The number of hydrogen-bond acceptors (Lipinski definition) is 1. The van der Waals surface area contributed by atoms with Crippen molar-refractivity contribution in [1.29, 1.82) is 0 Å². The Morgan fingerprint density at radius 3 is 1.69 bits per heavy atom. The van der Waals surface area contributed by atoms with Crippen LogP contribution < -0.4 is 5.32 Å². The SMILES string of the molecule is Cc1cc2c(c(Nc3c4c(c(C(C)(C)C)c(-c5ccccc5)c3-c3ccccc3)-c3ccccc3C4)c1C)Cc1ccccc1-2. The van der Waals surface area contributed by atoms with Crippen LogP contribution in [0.15, 0.2) is 115 Å². The predicted molar refractivity (Wildman–Crippen MR) is 192 cm³/mol. The second-order valence-electron chi connectivity index (χ2n) is 13.8. The molecular formula is C44H39N. The van der Waals surface area contributed by atoms with Crippen molar-refractivity contribution >= 4 is 11.4 Å². The molecule has 0 aliphatic heterocycles. The van der Waals surface area contributed by atoms with Crippen molar-refractivity contribution in [1.82, 2.24) is 0 Å². The molecule has 1 heteroatoms. The zero-order chi connectivity index (χ0) is 30.9. The maximum Gasteiger partial charge on any atom is 0.0512 e. The number of hydrogen-bond donors (Lipinski definition) is 1. The van der Waals surface area contributed by atoms with Gasteiger partial charge in [-0.15, -0.1) is 0 Å². The average Bonchev–Trinajstić information content (AvgIpc) is 3.61. The number of fused-ring (bicyclic) bond motifs is 6. The third-order valence-electron chi connectivity index (χ3n) is 10.0. The maximum absolute atomic E-state index is 4.24. The van der Waals surface area contributed by atoms with Gasteiger partial charge in [-0.3, -0.25) is 0 Å². The Morgan fingerprint density at radius 1 is 0.511 bits per heavy atom. The number of aryl methyl sites for hydroxylation is 1. The molecule has 0 atom stereocenters. The summed E-state index contributed by atoms with van der Waals surface area (Å²) in [4.78, 5) is 0. The molecule has 1 nitrogen and oxygen atoms in total. The highest BCUT2D eigenvalue weighted by Gasteiger charge is 2.36. The molecule has 0 aromatic heterocycles. The first-order valence-corrected chi connectivity index (χ1v) is 16.2. The van der Waals surface area contributed by atoms with E-state index in [1.165, 1.54) is 94.8 Å². The van der Waals surface area contributed by atoms with E-state index in [0.717, 1.165) is 12.8 Å². The lowest BCUT2D eigenvalue weighted by molar-refractivity contribution is 0.594. The van der Waals surface area contributed by atoms with Gasteiger partial charge in [-0.05, 0) is 97.2 Å². The third-order valence-corrected chi connectivity index (χ3v) is 10.0. The van der Waals surface area contributed by atoms with Gasteiger partial charge < -0.3 is 5.32 Å². The highest BCUT2D eigenvalue weighted by molar-refractivity contribution is 6.04. The molecule has 0 radical (unpaired) electrons. The average molecular weight is 582 g/mol. The molecule has 2 aliphatic rings. The van der Waals surface area contributed by atoms with Crippen LogP contribution in [-0.2, 0) is 18.3 Å². The number of rotatable bonds is 4. The van der Waals surface area contributed by atoms with Crippen molar-refractivity contribution < 1.29 is 0 Å². The summed E-state index contributed by atoms with van der Waals surface area (Å²) in [5.41, 5.74) is 22.8. The van der Waals surface area contributed by atoms with Gasteiger partial charge in [-0.2, -0.15) is 0 Å². The summed E-state index contributed by atoms with van der Waals surface area (Å²) in [5.74, 6) is 0. The van der Waals surface area contributed by atoms with Gasteiger partial charge in [0.15, 0.2) is 0 Å². The Labute approximate surface area is 267 Å². The minimum absolute atomic E-state index is 0.0864. The molecule has 0 unspecified atom stereocenters. The number of anilines is 2. The van der Waals surface area contributed by atoms with E-state index in [0.29, 0.717) is 0 Å². The lowest BCUT2D eigenvalue weighted by Gasteiger charge is -2.32. The van der Waals surface area contributed by atoms with E-state index in [-0.39, 0.29) is 5.41 Å². The third kappa shape index (κ3) is 4.37. The predicted octanol–water partition coefficient (Wildman–Crippen LogP) is 11.8. The minimum atomic E-state index is -0.0864. The lowest BCUT2D eigenvalue weighted by atomic mass is 9.73. The van der Waals surface area contributed by atoms with Crippen molar-refractivity contribution in [3.63, 3.8) is 0 Å². The molecule has 220 valence electrons. The zero-order valence-electron chi connectivity index (χ0n) is 26.9. The maximum atomic E-state index is 4.24. The van der Waals surface area contributed by atoms with Crippen molar-refractivity contribution in [2.75, 3.05) is 5.32 Å². The van der Waals surface area contributed by atoms with Gasteiger partial charge in [0.05, 0.1) is 5.69 Å². The fraction of sp³-hybridized carbons (Fsp3) is 0.182. The molecule has 1 N–H and O–H groups in total. The molecule has 2 aliphatic carbocycles. The molecular weight excluding hydrogens is 542 g/mol. The van der Waals surface area contributed by atoms with Gasteiger partial charge >= 0.3 is 0 Å². The van der Waals surface area contributed by atoms with Crippen molar-refractivity contribution in [3.8, 4) is 44.5 Å². The summed E-state index contributed by atoms with van der Waals surface area (Å²) in [6.45, 7) is 11.7. The van der Waals surface area contributed by atoms with E-state index in [4.69, 9.17) is 0 Å². The lowest BCUT2D eigenvalue weighted by Crippen LogP contribution is -2.17.